The van der Waals surface area contributed by atoms with Gasteiger partial charge in [0.25, 0.3) is 0 Å². The Morgan fingerprint density at radius 2 is 0.857 bits per heavy atom. The van der Waals surface area contributed by atoms with E-state index < -0.39 is 0 Å². The second kappa shape index (κ2) is 14.1. The van der Waals surface area contributed by atoms with Crippen LogP contribution in [0.25, 0.3) is 0 Å². The Balaban J connectivity index is 0.000000423. The van der Waals surface area contributed by atoms with E-state index in [-0.39, 0.29) is 17.1 Å². The third kappa shape index (κ3) is 9.64. The van der Waals surface area contributed by atoms with Gasteiger partial charge in [0.1, 0.15) is 0 Å². The van der Waals surface area contributed by atoms with Crippen LogP contribution in [0.15, 0.2) is 60.7 Å². The van der Waals surface area contributed by atoms with Crippen molar-refractivity contribution in [3.63, 3.8) is 0 Å². The Morgan fingerprint density at radius 3 is 1.14 bits per heavy atom. The van der Waals surface area contributed by atoms with E-state index in [0.717, 1.165) is 8.58 Å². The fraction of sp³-hybridized carbons (Fsp3) is 0. The van der Waals surface area contributed by atoms with Crippen LogP contribution >= 0.6 is 8.58 Å². The van der Waals surface area contributed by atoms with Gasteiger partial charge in [-0.25, -0.2) is 0 Å². The van der Waals surface area contributed by atoms with Gasteiger partial charge in [0.05, 0.1) is 0 Å². The number of rotatable bonds is 2. The van der Waals surface area contributed by atoms with Gasteiger partial charge in [-0.15, -0.1) is 0 Å². The zero-order chi connectivity index (χ0) is 14.5. The van der Waals surface area contributed by atoms with Crippen LogP contribution in [-0.4, -0.2) is 0 Å². The van der Waals surface area contributed by atoms with Crippen LogP contribution in [0, 0.1) is 38.8 Å². The molecule has 1 saturated carbocycles. The van der Waals surface area contributed by atoms with E-state index in [2.05, 4.69) is 67.3 Å². The molecule has 3 rings (SSSR count). The summed E-state index contributed by atoms with van der Waals surface area (Å²) in [4.78, 5) is 0. The Bertz CT molecular complexity index is 421. The topological polar surface area (TPSA) is 19.9 Å². The van der Waals surface area contributed by atoms with E-state index in [1.54, 1.807) is 0 Å². The first kappa shape index (κ1) is 20.1. The van der Waals surface area contributed by atoms with Crippen molar-refractivity contribution < 1.29 is 21.7 Å². The summed E-state index contributed by atoms with van der Waals surface area (Å²) in [6.07, 6.45) is 10.0. The van der Waals surface area contributed by atoms with Gasteiger partial charge in [-0.2, -0.15) is 0 Å². The second-order valence-corrected chi connectivity index (χ2v) is 5.22. The molecular weight excluding hydrogens is 319 g/mol. The van der Waals surface area contributed by atoms with Crippen LogP contribution in [0.3, 0.4) is 0 Å². The van der Waals surface area contributed by atoms with E-state index in [1.807, 2.05) is 32.1 Å². The maximum absolute atomic E-state index is 7.50. The average Bonchev–Trinajstić information content (AvgIpc) is 3.11. The molecule has 2 aromatic rings. The van der Waals surface area contributed by atoms with Crippen molar-refractivity contribution in [2.24, 2.45) is 0 Å². The first-order chi connectivity index (χ1) is 9.95. The normalized spacial score (nSPS) is 11.9. The van der Waals surface area contributed by atoms with Crippen LogP contribution < -0.4 is 10.6 Å². The van der Waals surface area contributed by atoms with Crippen molar-refractivity contribution in [1.29, 1.82) is 0 Å². The number of hydrogen-bond donors (Lipinski definition) is 0. The summed E-state index contributed by atoms with van der Waals surface area (Å²) in [5.41, 5.74) is 0. The molecule has 1 fully saturated rings. The molecule has 107 valence electrons. The number of hydrogen-bond acceptors (Lipinski definition) is 0. The maximum Gasteiger partial charge on any atom is 0 e. The summed E-state index contributed by atoms with van der Waals surface area (Å²) >= 11 is 0. The average molecular weight is 335 g/mol. The van der Waals surface area contributed by atoms with Crippen LogP contribution in [0.4, 0.5) is 0 Å². The molecule has 0 unspecified atom stereocenters. The van der Waals surface area contributed by atoms with Gasteiger partial charge in [0.15, 0.2) is 0 Å². The SMILES string of the molecule is [C-]#[O+].[CH]1[CH][CH][CH][CH]1.[Fe].c1ccc(Pc2ccccc2)cc1. The zero-order valence-electron chi connectivity index (χ0n) is 11.4. The Hall–Kier alpha value is -0.871. The van der Waals surface area contributed by atoms with Crippen molar-refractivity contribution >= 4 is 19.2 Å². The molecule has 1 nitrogen and oxygen atoms in total. The monoisotopic (exact) mass is 335 g/mol. The standard InChI is InChI=1S/C12H11P.C5H5.CO.Fe/c1-3-7-11(8-4-1)13-12-9-5-2-6-10-12;1-2-4-5-3-1;1-2;/h1-10,13H;1-5H;;. The molecule has 21 heavy (non-hydrogen) atoms. The summed E-state index contributed by atoms with van der Waals surface area (Å²) in [6, 6.07) is 21.2. The van der Waals surface area contributed by atoms with E-state index in [4.69, 9.17) is 4.65 Å². The minimum absolute atomic E-state index is 0. The van der Waals surface area contributed by atoms with Crippen molar-refractivity contribution in [1.82, 2.24) is 0 Å². The zero-order valence-corrected chi connectivity index (χ0v) is 13.5. The molecule has 1 aliphatic carbocycles. The smallest absolute Gasteiger partial charge is 0 e. The van der Waals surface area contributed by atoms with Gasteiger partial charge in [0, 0.05) is 17.1 Å². The minimum Gasteiger partial charge on any atom is -0.0622 e. The van der Waals surface area contributed by atoms with Gasteiger partial charge in [-0.3, -0.25) is 0 Å². The predicted molar refractivity (Wildman–Crippen MR) is 85.9 cm³/mol. The van der Waals surface area contributed by atoms with Gasteiger partial charge < -0.3 is 0 Å². The van der Waals surface area contributed by atoms with Gasteiger partial charge >= 0.3 is 11.3 Å². The van der Waals surface area contributed by atoms with Crippen LogP contribution in [-0.2, 0) is 21.7 Å². The van der Waals surface area contributed by atoms with E-state index in [1.165, 1.54) is 10.6 Å². The third-order valence-electron chi connectivity index (χ3n) is 2.39. The molecule has 0 saturated heterocycles. The number of benzene rings is 2. The van der Waals surface area contributed by atoms with Gasteiger partial charge in [-0.05, 0) is 42.7 Å². The molecule has 0 atom stereocenters. The Labute approximate surface area is 140 Å². The molecule has 0 spiro atoms. The van der Waals surface area contributed by atoms with Crippen molar-refractivity contribution in [2.75, 3.05) is 0 Å². The first-order valence-electron chi connectivity index (χ1n) is 6.19. The molecule has 0 N–H and O–H groups in total. The van der Waals surface area contributed by atoms with Crippen molar-refractivity contribution in [3.8, 4) is 0 Å². The third-order valence-corrected chi connectivity index (χ3v) is 3.64. The van der Waals surface area contributed by atoms with E-state index in [0.29, 0.717) is 0 Å². The van der Waals surface area contributed by atoms with Gasteiger partial charge in [0.2, 0.25) is 0 Å². The first-order valence-corrected chi connectivity index (χ1v) is 7.19. The summed E-state index contributed by atoms with van der Waals surface area (Å²) in [5, 5.41) is 2.79. The molecule has 0 aliphatic heterocycles. The van der Waals surface area contributed by atoms with Crippen LogP contribution in [0.5, 0.6) is 0 Å². The fourth-order valence-electron chi connectivity index (χ4n) is 1.53. The molecule has 0 aromatic heterocycles. The molecule has 5 radical (unpaired) electrons. The molecule has 1 aliphatic rings. The van der Waals surface area contributed by atoms with Crippen LogP contribution in [0.2, 0.25) is 0 Å². The van der Waals surface area contributed by atoms with Crippen molar-refractivity contribution in [3.05, 3.63) is 99.4 Å². The van der Waals surface area contributed by atoms with Crippen LogP contribution in [0.1, 0.15) is 0 Å². The molecule has 3 heteroatoms. The quantitative estimate of drug-likeness (QED) is 0.347. The maximum atomic E-state index is 7.50. The van der Waals surface area contributed by atoms with Gasteiger partial charge in [-0.1, -0.05) is 69.2 Å². The largest absolute Gasteiger partial charge is 0.0622 e. The fourth-order valence-corrected chi connectivity index (χ4v) is 2.58. The predicted octanol–water partition coefficient (Wildman–Crippen LogP) is 3.30. The minimum atomic E-state index is 0. The summed E-state index contributed by atoms with van der Waals surface area (Å²) in [5.74, 6) is 0. The molecular formula is C18H16FeOP. The molecule has 0 amide bonds. The molecule has 0 bridgehead atoms. The summed E-state index contributed by atoms with van der Waals surface area (Å²) < 4.78 is 7.50. The Morgan fingerprint density at radius 1 is 0.571 bits per heavy atom. The molecule has 0 heterocycles. The molecule has 2 aromatic carbocycles. The van der Waals surface area contributed by atoms with Crippen molar-refractivity contribution in [2.45, 2.75) is 0 Å². The summed E-state index contributed by atoms with van der Waals surface area (Å²) in [7, 11) is 0.777. The summed E-state index contributed by atoms with van der Waals surface area (Å²) in [6.45, 7) is 4.50. The van der Waals surface area contributed by atoms with E-state index in [9.17, 15) is 0 Å². The Kier molecular flexibility index (Phi) is 13.5. The van der Waals surface area contributed by atoms with E-state index >= 15 is 0 Å². The second-order valence-electron chi connectivity index (χ2n) is 3.82.